The third-order valence-electron chi connectivity index (χ3n) is 4.75. The fraction of sp³-hybridized carbons (Fsp3) is 0.350. The minimum absolute atomic E-state index is 0.114. The van der Waals surface area contributed by atoms with Gasteiger partial charge in [0.05, 0.1) is 0 Å². The van der Waals surface area contributed by atoms with Gasteiger partial charge in [-0.3, -0.25) is 4.79 Å². The maximum Gasteiger partial charge on any atom is 0.249 e. The largest absolute Gasteiger partial charge is 0.337 e. The van der Waals surface area contributed by atoms with Crippen LogP contribution in [0.25, 0.3) is 11.1 Å². The fourth-order valence-electron chi connectivity index (χ4n) is 2.99. The molecule has 2 aromatic rings. The smallest absolute Gasteiger partial charge is 0.249 e. The first-order chi connectivity index (χ1) is 12.6. The van der Waals surface area contributed by atoms with Crippen LogP contribution in [0.3, 0.4) is 0 Å². The zero-order valence-corrected chi connectivity index (χ0v) is 15.4. The summed E-state index contributed by atoms with van der Waals surface area (Å²) >= 11 is 0. The Morgan fingerprint density at radius 3 is 2.46 bits per heavy atom. The number of hydrogen-bond acceptors (Lipinski definition) is 5. The highest BCUT2D eigenvalue weighted by molar-refractivity contribution is 5.92. The molecule has 0 saturated carbocycles. The van der Waals surface area contributed by atoms with Crippen molar-refractivity contribution in [2.24, 2.45) is 5.73 Å². The lowest BCUT2D eigenvalue weighted by Crippen LogP contribution is -2.49. The maximum atomic E-state index is 12.2. The van der Waals surface area contributed by atoms with Crippen molar-refractivity contribution in [1.82, 2.24) is 14.9 Å². The van der Waals surface area contributed by atoms with Gasteiger partial charge in [-0.05, 0) is 31.0 Å². The number of aromatic nitrogens is 2. The Morgan fingerprint density at radius 2 is 1.85 bits per heavy atom. The molecule has 1 aliphatic rings. The van der Waals surface area contributed by atoms with Crippen LogP contribution in [0.1, 0.15) is 19.4 Å². The van der Waals surface area contributed by atoms with Crippen LogP contribution in [0.2, 0.25) is 0 Å². The highest BCUT2D eigenvalue weighted by atomic mass is 16.2. The Kier molecular flexibility index (Phi) is 5.63. The van der Waals surface area contributed by atoms with Crippen LogP contribution in [0.4, 0.5) is 5.95 Å². The van der Waals surface area contributed by atoms with E-state index in [-0.39, 0.29) is 5.91 Å². The molecule has 1 aromatic heterocycles. The van der Waals surface area contributed by atoms with Crippen LogP contribution in [-0.2, 0) is 11.3 Å². The summed E-state index contributed by atoms with van der Waals surface area (Å²) in [7, 11) is 0. The number of carbonyl (C=O) groups excluding carboxylic acids is 1. The third kappa shape index (κ3) is 3.91. The molecule has 0 aliphatic carbocycles. The van der Waals surface area contributed by atoms with E-state index in [2.05, 4.69) is 20.9 Å². The minimum Gasteiger partial charge on any atom is -0.337 e. The van der Waals surface area contributed by atoms with Crippen molar-refractivity contribution in [2.75, 3.05) is 31.1 Å². The number of anilines is 1. The summed E-state index contributed by atoms with van der Waals surface area (Å²) in [5.74, 6) is 0.821. The second kappa shape index (κ2) is 8.10. The van der Waals surface area contributed by atoms with Crippen LogP contribution >= 0.6 is 0 Å². The summed E-state index contributed by atoms with van der Waals surface area (Å²) < 4.78 is 0. The predicted molar refractivity (Wildman–Crippen MR) is 104 cm³/mol. The van der Waals surface area contributed by atoms with E-state index in [9.17, 15) is 4.79 Å². The van der Waals surface area contributed by atoms with E-state index in [4.69, 9.17) is 5.73 Å². The molecule has 2 heterocycles. The predicted octanol–water partition coefficient (Wildman–Crippen LogP) is 2.22. The molecule has 6 heteroatoms. The monoisotopic (exact) mass is 351 g/mol. The van der Waals surface area contributed by atoms with Gasteiger partial charge in [0.1, 0.15) is 0 Å². The lowest BCUT2D eigenvalue weighted by molar-refractivity contribution is -0.127. The first-order valence-corrected chi connectivity index (χ1v) is 8.91. The van der Waals surface area contributed by atoms with Crippen molar-refractivity contribution >= 4 is 11.9 Å². The van der Waals surface area contributed by atoms with Gasteiger partial charge < -0.3 is 15.5 Å². The van der Waals surface area contributed by atoms with E-state index in [0.29, 0.717) is 25.6 Å². The Balaban J connectivity index is 1.66. The second-order valence-corrected chi connectivity index (χ2v) is 6.43. The first-order valence-electron chi connectivity index (χ1n) is 8.91. The topological polar surface area (TPSA) is 75.4 Å². The van der Waals surface area contributed by atoms with E-state index < -0.39 is 0 Å². The Morgan fingerprint density at radius 1 is 1.15 bits per heavy atom. The second-order valence-electron chi connectivity index (χ2n) is 6.43. The molecule has 3 rings (SSSR count). The van der Waals surface area contributed by atoms with Gasteiger partial charge in [0.2, 0.25) is 11.9 Å². The van der Waals surface area contributed by atoms with Gasteiger partial charge in [-0.25, -0.2) is 9.97 Å². The molecule has 0 radical (unpaired) electrons. The molecule has 1 saturated heterocycles. The Bertz CT molecular complexity index is 792. The van der Waals surface area contributed by atoms with Crippen molar-refractivity contribution in [1.29, 1.82) is 0 Å². The summed E-state index contributed by atoms with van der Waals surface area (Å²) in [6.07, 6.45) is 5.55. The van der Waals surface area contributed by atoms with E-state index in [1.807, 2.05) is 55.4 Å². The summed E-state index contributed by atoms with van der Waals surface area (Å²) in [5, 5.41) is 0. The number of carbonyl (C=O) groups is 1. The highest BCUT2D eigenvalue weighted by Gasteiger charge is 2.23. The molecule has 0 unspecified atom stereocenters. The van der Waals surface area contributed by atoms with Crippen molar-refractivity contribution in [3.8, 4) is 11.1 Å². The molecule has 0 bridgehead atoms. The summed E-state index contributed by atoms with van der Waals surface area (Å²) in [6, 6.07) is 8.10. The van der Waals surface area contributed by atoms with Gasteiger partial charge in [-0.15, -0.1) is 0 Å². The van der Waals surface area contributed by atoms with Crippen molar-refractivity contribution in [3.63, 3.8) is 0 Å². The normalized spacial score (nSPS) is 15.3. The number of nitrogens with zero attached hydrogens (tertiary/aromatic N) is 4. The average molecular weight is 351 g/mol. The van der Waals surface area contributed by atoms with Gasteiger partial charge in [0, 0.05) is 56.3 Å². The zero-order valence-electron chi connectivity index (χ0n) is 15.4. The average Bonchev–Trinajstić information content (AvgIpc) is 2.73. The summed E-state index contributed by atoms with van der Waals surface area (Å²) in [4.78, 5) is 25.3. The molecule has 1 fully saturated rings. The van der Waals surface area contributed by atoms with Crippen molar-refractivity contribution < 1.29 is 4.79 Å². The number of amides is 1. The molecule has 0 spiro atoms. The molecule has 26 heavy (non-hydrogen) atoms. The molecule has 0 atom stereocenters. The lowest BCUT2D eigenvalue weighted by Gasteiger charge is -2.34. The molecule has 1 aromatic carbocycles. The summed E-state index contributed by atoms with van der Waals surface area (Å²) in [5.41, 5.74) is 9.63. The van der Waals surface area contributed by atoms with E-state index in [1.54, 1.807) is 0 Å². The highest BCUT2D eigenvalue weighted by Crippen LogP contribution is 2.21. The van der Waals surface area contributed by atoms with Gasteiger partial charge in [0.25, 0.3) is 0 Å². The molecule has 2 N–H and O–H groups in total. The first kappa shape index (κ1) is 18.1. The number of rotatable bonds is 4. The number of hydrogen-bond donors (Lipinski definition) is 1. The maximum absolute atomic E-state index is 12.2. The van der Waals surface area contributed by atoms with Gasteiger partial charge >= 0.3 is 0 Å². The molecule has 136 valence electrons. The Hall–Kier alpha value is -2.73. The molecule has 1 aliphatic heterocycles. The van der Waals surface area contributed by atoms with Crippen LogP contribution in [0.5, 0.6) is 0 Å². The van der Waals surface area contributed by atoms with E-state index in [0.717, 1.165) is 35.4 Å². The van der Waals surface area contributed by atoms with Gasteiger partial charge in [0.15, 0.2) is 0 Å². The summed E-state index contributed by atoms with van der Waals surface area (Å²) in [6.45, 7) is 7.12. The fourth-order valence-corrected chi connectivity index (χ4v) is 2.99. The van der Waals surface area contributed by atoms with Crippen molar-refractivity contribution in [3.05, 3.63) is 53.9 Å². The van der Waals surface area contributed by atoms with E-state index >= 15 is 0 Å². The van der Waals surface area contributed by atoms with Crippen LogP contribution in [0.15, 0.2) is 48.3 Å². The Labute approximate surface area is 154 Å². The van der Waals surface area contributed by atoms with Gasteiger partial charge in [-0.1, -0.05) is 24.3 Å². The SMILES string of the molecule is C/C=C(/C)C(=O)N1CCN(c2ncc(-c3cccc(CN)c3)cn2)CC1. The van der Waals surface area contributed by atoms with Crippen LogP contribution in [0, 0.1) is 0 Å². The molecular weight excluding hydrogens is 326 g/mol. The zero-order chi connectivity index (χ0) is 18.5. The van der Waals surface area contributed by atoms with Crippen LogP contribution in [-0.4, -0.2) is 47.0 Å². The molecule has 6 nitrogen and oxygen atoms in total. The number of nitrogens with two attached hydrogens (primary N) is 1. The number of benzene rings is 1. The lowest BCUT2D eigenvalue weighted by atomic mass is 10.1. The molecule has 1 amide bonds. The van der Waals surface area contributed by atoms with Crippen LogP contribution < -0.4 is 10.6 Å². The molecular formula is C20H25N5O. The quantitative estimate of drug-likeness (QED) is 0.855. The minimum atomic E-state index is 0.114. The third-order valence-corrected chi connectivity index (χ3v) is 4.75. The van der Waals surface area contributed by atoms with Gasteiger partial charge in [-0.2, -0.15) is 0 Å². The standard InChI is InChI=1S/C20H25N5O/c1-3-15(2)19(26)24-7-9-25(10-8-24)20-22-13-18(14-23-20)17-6-4-5-16(11-17)12-21/h3-6,11,13-14H,7-10,12,21H2,1-2H3/b15-3-. The van der Waals surface area contributed by atoms with E-state index in [1.165, 1.54) is 0 Å². The number of allylic oxidation sites excluding steroid dienone is 1. The van der Waals surface area contributed by atoms with Crippen molar-refractivity contribution in [2.45, 2.75) is 20.4 Å². The number of piperazine rings is 1.